The molecule has 0 aromatic rings. The minimum Gasteiger partial charge on any atom is -0.329 e. The fraction of sp³-hybridized carbons (Fsp3) is 1.00. The molecular formula is C6H16N2. The van der Waals surface area contributed by atoms with E-state index in [9.17, 15) is 0 Å². The second-order valence-corrected chi connectivity index (χ2v) is 1.90. The lowest BCUT2D eigenvalue weighted by molar-refractivity contribution is 0.521. The van der Waals surface area contributed by atoms with Gasteiger partial charge in [0.15, 0.2) is 0 Å². The Labute approximate surface area is 51.5 Å². The summed E-state index contributed by atoms with van der Waals surface area (Å²) in [6.45, 7) is 6.01. The van der Waals surface area contributed by atoms with Gasteiger partial charge in [0.25, 0.3) is 0 Å². The van der Waals surface area contributed by atoms with E-state index in [1.807, 2.05) is 0 Å². The van der Waals surface area contributed by atoms with Crippen molar-refractivity contribution in [2.45, 2.75) is 26.3 Å². The Hall–Kier alpha value is -0.0800. The summed E-state index contributed by atoms with van der Waals surface area (Å²) in [7, 11) is 0. The van der Waals surface area contributed by atoms with E-state index >= 15 is 0 Å². The molecular weight excluding hydrogens is 100 g/mol. The highest BCUT2D eigenvalue weighted by Gasteiger charge is 1.97. The average molecular weight is 116 g/mol. The zero-order chi connectivity index (χ0) is 6.41. The highest BCUT2D eigenvalue weighted by molar-refractivity contribution is 4.62. The van der Waals surface area contributed by atoms with Gasteiger partial charge in [0, 0.05) is 12.6 Å². The van der Waals surface area contributed by atoms with Crippen LogP contribution in [-0.4, -0.2) is 19.1 Å². The highest BCUT2D eigenvalue weighted by Crippen LogP contribution is 1.84. The summed E-state index contributed by atoms with van der Waals surface area (Å²) >= 11 is 0. The standard InChI is InChI=1S/C6H16N2/c1-3-6(5-7)8-4-2/h6,8H,3-5,7H2,1-2H3. The maximum Gasteiger partial charge on any atom is 0.0187 e. The number of likely N-dealkylation sites (N-methyl/N-ethyl adjacent to an activating group) is 1. The molecule has 0 fully saturated rings. The lowest BCUT2D eigenvalue weighted by Crippen LogP contribution is -2.34. The van der Waals surface area contributed by atoms with Gasteiger partial charge in [0.05, 0.1) is 0 Å². The van der Waals surface area contributed by atoms with Gasteiger partial charge in [0.2, 0.25) is 0 Å². The molecule has 0 spiro atoms. The Morgan fingerprint density at radius 2 is 2.12 bits per heavy atom. The van der Waals surface area contributed by atoms with Crippen LogP contribution in [0.25, 0.3) is 0 Å². The van der Waals surface area contributed by atoms with Crippen LogP contribution in [0.4, 0.5) is 0 Å². The zero-order valence-electron chi connectivity index (χ0n) is 5.78. The predicted octanol–water partition coefficient (Wildman–Crippen LogP) is 0.333. The van der Waals surface area contributed by atoms with Gasteiger partial charge in [-0.2, -0.15) is 0 Å². The maximum atomic E-state index is 5.41. The Bertz CT molecular complexity index is 41.8. The quantitative estimate of drug-likeness (QED) is 0.555. The molecule has 1 atom stereocenters. The van der Waals surface area contributed by atoms with E-state index in [1.165, 1.54) is 0 Å². The van der Waals surface area contributed by atoms with Crippen molar-refractivity contribution < 1.29 is 0 Å². The lowest BCUT2D eigenvalue weighted by Gasteiger charge is -2.11. The number of nitrogens with one attached hydrogen (secondary N) is 1. The summed E-state index contributed by atoms with van der Waals surface area (Å²) in [6.07, 6.45) is 1.13. The van der Waals surface area contributed by atoms with Crippen LogP contribution in [-0.2, 0) is 0 Å². The minimum atomic E-state index is 0.528. The summed E-state index contributed by atoms with van der Waals surface area (Å²) in [5, 5.41) is 3.26. The van der Waals surface area contributed by atoms with Gasteiger partial charge in [0.1, 0.15) is 0 Å². The van der Waals surface area contributed by atoms with E-state index in [-0.39, 0.29) is 0 Å². The molecule has 2 nitrogen and oxygen atoms in total. The topological polar surface area (TPSA) is 38.0 Å². The minimum absolute atomic E-state index is 0.528. The first-order valence-electron chi connectivity index (χ1n) is 3.28. The van der Waals surface area contributed by atoms with Gasteiger partial charge < -0.3 is 11.1 Å². The molecule has 0 aliphatic carbocycles. The maximum absolute atomic E-state index is 5.41. The van der Waals surface area contributed by atoms with Crippen molar-refractivity contribution in [2.24, 2.45) is 5.73 Å². The molecule has 0 bridgehead atoms. The van der Waals surface area contributed by atoms with Crippen molar-refractivity contribution >= 4 is 0 Å². The molecule has 8 heavy (non-hydrogen) atoms. The number of nitrogens with two attached hydrogens (primary N) is 1. The first-order chi connectivity index (χ1) is 3.85. The van der Waals surface area contributed by atoms with Crippen molar-refractivity contribution in [3.05, 3.63) is 0 Å². The smallest absolute Gasteiger partial charge is 0.0187 e. The summed E-state index contributed by atoms with van der Waals surface area (Å²) in [5.74, 6) is 0. The summed E-state index contributed by atoms with van der Waals surface area (Å²) in [4.78, 5) is 0. The monoisotopic (exact) mass is 116 g/mol. The fourth-order valence-electron chi connectivity index (χ4n) is 0.683. The van der Waals surface area contributed by atoms with E-state index in [0.29, 0.717) is 6.04 Å². The Kier molecular flexibility index (Phi) is 5.01. The second kappa shape index (κ2) is 5.06. The molecule has 50 valence electrons. The van der Waals surface area contributed by atoms with E-state index < -0.39 is 0 Å². The van der Waals surface area contributed by atoms with Crippen molar-refractivity contribution in [1.82, 2.24) is 5.32 Å². The van der Waals surface area contributed by atoms with Gasteiger partial charge in [-0.05, 0) is 13.0 Å². The molecule has 3 N–H and O–H groups in total. The molecule has 0 aromatic carbocycles. The van der Waals surface area contributed by atoms with E-state index in [4.69, 9.17) is 5.73 Å². The van der Waals surface area contributed by atoms with Crippen molar-refractivity contribution in [3.8, 4) is 0 Å². The normalized spacial score (nSPS) is 13.9. The van der Waals surface area contributed by atoms with E-state index in [0.717, 1.165) is 19.5 Å². The molecule has 0 rings (SSSR count). The third kappa shape index (κ3) is 2.99. The van der Waals surface area contributed by atoms with Crippen LogP contribution in [0.3, 0.4) is 0 Å². The van der Waals surface area contributed by atoms with Gasteiger partial charge >= 0.3 is 0 Å². The van der Waals surface area contributed by atoms with Crippen LogP contribution < -0.4 is 11.1 Å². The average Bonchev–Trinajstić information content (AvgIpc) is 1.83. The Balaban J connectivity index is 3.07. The molecule has 0 aliphatic rings. The molecule has 0 saturated carbocycles. The molecule has 1 unspecified atom stereocenters. The molecule has 0 aromatic heterocycles. The number of hydrogen-bond donors (Lipinski definition) is 2. The van der Waals surface area contributed by atoms with Crippen LogP contribution in [0.2, 0.25) is 0 Å². The molecule has 0 radical (unpaired) electrons. The molecule has 0 amide bonds. The highest BCUT2D eigenvalue weighted by atomic mass is 14.9. The largest absolute Gasteiger partial charge is 0.329 e. The first kappa shape index (κ1) is 7.92. The third-order valence-electron chi connectivity index (χ3n) is 1.27. The molecule has 0 aliphatic heterocycles. The van der Waals surface area contributed by atoms with Crippen molar-refractivity contribution in [3.63, 3.8) is 0 Å². The van der Waals surface area contributed by atoms with Crippen molar-refractivity contribution in [1.29, 1.82) is 0 Å². The third-order valence-corrected chi connectivity index (χ3v) is 1.27. The van der Waals surface area contributed by atoms with Crippen LogP contribution in [0, 0.1) is 0 Å². The lowest BCUT2D eigenvalue weighted by atomic mass is 10.2. The van der Waals surface area contributed by atoms with Crippen LogP contribution in [0.1, 0.15) is 20.3 Å². The van der Waals surface area contributed by atoms with Gasteiger partial charge in [-0.15, -0.1) is 0 Å². The van der Waals surface area contributed by atoms with Crippen LogP contribution in [0.15, 0.2) is 0 Å². The summed E-state index contributed by atoms with van der Waals surface area (Å²) in [5.41, 5.74) is 5.41. The SMILES string of the molecule is CCNC(CC)CN. The van der Waals surface area contributed by atoms with E-state index in [2.05, 4.69) is 19.2 Å². The van der Waals surface area contributed by atoms with E-state index in [1.54, 1.807) is 0 Å². The van der Waals surface area contributed by atoms with Crippen molar-refractivity contribution in [2.75, 3.05) is 13.1 Å². The van der Waals surface area contributed by atoms with Gasteiger partial charge in [-0.3, -0.25) is 0 Å². The molecule has 0 heterocycles. The predicted molar refractivity (Wildman–Crippen MR) is 36.8 cm³/mol. The summed E-state index contributed by atoms with van der Waals surface area (Å²) < 4.78 is 0. The zero-order valence-corrected chi connectivity index (χ0v) is 5.78. The fourth-order valence-corrected chi connectivity index (χ4v) is 0.683. The second-order valence-electron chi connectivity index (χ2n) is 1.90. The number of rotatable bonds is 4. The van der Waals surface area contributed by atoms with Crippen LogP contribution >= 0.6 is 0 Å². The summed E-state index contributed by atoms with van der Waals surface area (Å²) in [6, 6.07) is 0.528. The van der Waals surface area contributed by atoms with Gasteiger partial charge in [-0.1, -0.05) is 13.8 Å². The molecule has 0 saturated heterocycles. The van der Waals surface area contributed by atoms with Gasteiger partial charge in [-0.25, -0.2) is 0 Å². The van der Waals surface area contributed by atoms with Crippen LogP contribution in [0.5, 0.6) is 0 Å². The Morgan fingerprint density at radius 3 is 2.25 bits per heavy atom. The molecule has 2 heteroatoms. The Morgan fingerprint density at radius 1 is 1.50 bits per heavy atom. The number of hydrogen-bond acceptors (Lipinski definition) is 2. The first-order valence-corrected chi connectivity index (χ1v) is 3.28.